The van der Waals surface area contributed by atoms with Gasteiger partial charge >= 0.3 is 58.4 Å². The van der Waals surface area contributed by atoms with E-state index in [-0.39, 0.29) is 57.1 Å². The first kappa shape index (κ1) is 16.4. The second kappa shape index (κ2) is 7.00. The van der Waals surface area contributed by atoms with Gasteiger partial charge in [-0.1, -0.05) is 18.5 Å². The molecule has 0 atom stereocenters. The Morgan fingerprint density at radius 3 is 2.31 bits per heavy atom. The van der Waals surface area contributed by atoms with Crippen molar-refractivity contribution < 1.29 is 73.5 Å². The second-order valence-electron chi connectivity index (χ2n) is 3.11. The predicted octanol–water partition coefficient (Wildman–Crippen LogP) is -0.327. The van der Waals surface area contributed by atoms with Gasteiger partial charge in [-0.25, -0.2) is 4.39 Å². The monoisotopic (exact) mass is 260 g/mol. The van der Waals surface area contributed by atoms with Crippen LogP contribution in [0.2, 0.25) is 0 Å². The van der Waals surface area contributed by atoms with Gasteiger partial charge in [0.25, 0.3) is 0 Å². The van der Waals surface area contributed by atoms with Crippen LogP contribution < -0.4 is 61.6 Å². The van der Waals surface area contributed by atoms with E-state index in [1.807, 2.05) is 6.92 Å². The van der Waals surface area contributed by atoms with Crippen molar-refractivity contribution >= 4 is 12.4 Å². The van der Waals surface area contributed by atoms with E-state index in [9.17, 15) is 17.3 Å². The summed E-state index contributed by atoms with van der Waals surface area (Å²) in [4.78, 5) is 0. The van der Waals surface area contributed by atoms with Gasteiger partial charge in [0, 0.05) is 6.07 Å². The maximum atomic E-state index is 13.0. The first-order valence-corrected chi connectivity index (χ1v) is 4.57. The van der Waals surface area contributed by atoms with E-state index in [2.05, 4.69) is 0 Å². The summed E-state index contributed by atoms with van der Waals surface area (Å²) in [5.41, 5.74) is -1.21. The Morgan fingerprint density at radius 1 is 1.25 bits per heavy atom. The standard InChI is InChI=1S/C9H10BF4O.K/c1-2-5-15-7-3-4-8(9(11)6-7)10(12,13)14;/h3-4,6H,2,5H2,1H3;/q-1;+1. The Morgan fingerprint density at radius 2 is 1.88 bits per heavy atom. The van der Waals surface area contributed by atoms with Crippen molar-refractivity contribution in [3.8, 4) is 5.75 Å². The van der Waals surface area contributed by atoms with E-state index in [1.54, 1.807) is 0 Å². The third kappa shape index (κ3) is 4.75. The van der Waals surface area contributed by atoms with Crippen LogP contribution in [0.1, 0.15) is 13.3 Å². The van der Waals surface area contributed by atoms with E-state index in [1.165, 1.54) is 0 Å². The summed E-state index contributed by atoms with van der Waals surface area (Å²) in [6.07, 6.45) is 0.715. The molecule has 0 aliphatic rings. The van der Waals surface area contributed by atoms with Crippen LogP contribution in [0.5, 0.6) is 5.75 Å². The molecule has 0 unspecified atom stereocenters. The van der Waals surface area contributed by atoms with E-state index in [4.69, 9.17) is 4.74 Å². The average molecular weight is 260 g/mol. The maximum Gasteiger partial charge on any atom is 1.00 e. The van der Waals surface area contributed by atoms with Crippen LogP contribution in [-0.4, -0.2) is 13.6 Å². The smallest absolute Gasteiger partial charge is 0.494 e. The van der Waals surface area contributed by atoms with Gasteiger partial charge in [0.05, 0.1) is 12.4 Å². The molecule has 0 bridgehead atoms. The normalized spacial score (nSPS) is 10.8. The van der Waals surface area contributed by atoms with Crippen molar-refractivity contribution in [2.24, 2.45) is 0 Å². The van der Waals surface area contributed by atoms with Crippen LogP contribution in [0.25, 0.3) is 0 Å². The van der Waals surface area contributed by atoms with Gasteiger partial charge in [0.1, 0.15) is 5.75 Å². The van der Waals surface area contributed by atoms with Gasteiger partial charge in [-0.05, 0) is 12.5 Å². The maximum absolute atomic E-state index is 13.0. The SMILES string of the molecule is CCCOc1ccc([B-](F)(F)F)c(F)c1.[K+]. The minimum Gasteiger partial charge on any atom is -0.494 e. The summed E-state index contributed by atoms with van der Waals surface area (Å²) >= 11 is 0. The van der Waals surface area contributed by atoms with Crippen molar-refractivity contribution in [1.82, 2.24) is 0 Å². The molecule has 0 saturated carbocycles. The minimum atomic E-state index is -5.29. The summed E-state index contributed by atoms with van der Waals surface area (Å²) in [5, 5.41) is 0. The molecule has 0 radical (unpaired) electrons. The molecule has 0 N–H and O–H groups in total. The topological polar surface area (TPSA) is 9.23 Å². The molecule has 7 heteroatoms. The molecule has 1 aromatic carbocycles. The van der Waals surface area contributed by atoms with Gasteiger partial charge in [0.2, 0.25) is 0 Å². The predicted molar refractivity (Wildman–Crippen MR) is 50.9 cm³/mol. The molecule has 0 aliphatic carbocycles. The molecule has 16 heavy (non-hydrogen) atoms. The van der Waals surface area contributed by atoms with Crippen molar-refractivity contribution in [2.45, 2.75) is 13.3 Å². The van der Waals surface area contributed by atoms with Crippen molar-refractivity contribution in [3.63, 3.8) is 0 Å². The quantitative estimate of drug-likeness (QED) is 0.532. The molecule has 0 saturated heterocycles. The molecule has 84 valence electrons. The molecule has 0 fully saturated rings. The van der Waals surface area contributed by atoms with E-state index < -0.39 is 18.3 Å². The number of hydrogen-bond acceptors (Lipinski definition) is 1. The summed E-state index contributed by atoms with van der Waals surface area (Å²) < 4.78 is 54.6. The number of halogens is 4. The molecule has 0 spiro atoms. The third-order valence-electron chi connectivity index (χ3n) is 1.80. The second-order valence-corrected chi connectivity index (χ2v) is 3.11. The van der Waals surface area contributed by atoms with Crippen LogP contribution >= 0.6 is 0 Å². The average Bonchev–Trinajstić information content (AvgIpc) is 2.12. The first-order chi connectivity index (χ1) is 6.95. The molecular weight excluding hydrogens is 250 g/mol. The van der Waals surface area contributed by atoms with Crippen LogP contribution in [0.15, 0.2) is 18.2 Å². The molecule has 1 rings (SSSR count). The zero-order chi connectivity index (χ0) is 11.5. The first-order valence-electron chi connectivity index (χ1n) is 4.57. The Balaban J connectivity index is 0.00000225. The van der Waals surface area contributed by atoms with Crippen molar-refractivity contribution in [1.29, 1.82) is 0 Å². The van der Waals surface area contributed by atoms with Crippen molar-refractivity contribution in [2.75, 3.05) is 6.61 Å². The fraction of sp³-hybridized carbons (Fsp3) is 0.333. The van der Waals surface area contributed by atoms with Gasteiger partial charge in [-0.15, -0.1) is 0 Å². The van der Waals surface area contributed by atoms with Gasteiger partial charge in [-0.2, -0.15) is 0 Å². The number of hydrogen-bond donors (Lipinski definition) is 0. The van der Waals surface area contributed by atoms with E-state index >= 15 is 0 Å². The fourth-order valence-corrected chi connectivity index (χ4v) is 1.08. The summed E-state index contributed by atoms with van der Waals surface area (Å²) in [6.45, 7) is -3.08. The van der Waals surface area contributed by atoms with Crippen molar-refractivity contribution in [3.05, 3.63) is 24.0 Å². The minimum absolute atomic E-state index is 0. The number of benzene rings is 1. The zero-order valence-electron chi connectivity index (χ0n) is 9.14. The van der Waals surface area contributed by atoms with Gasteiger partial charge < -0.3 is 17.7 Å². The van der Waals surface area contributed by atoms with Crippen LogP contribution in [0, 0.1) is 5.82 Å². The third-order valence-corrected chi connectivity index (χ3v) is 1.80. The summed E-state index contributed by atoms with van der Waals surface area (Å²) in [7, 11) is 0. The molecule has 0 aliphatic heterocycles. The molecule has 1 nitrogen and oxygen atoms in total. The summed E-state index contributed by atoms with van der Waals surface area (Å²) in [5.74, 6) is -1.16. The zero-order valence-corrected chi connectivity index (χ0v) is 12.3. The molecule has 0 heterocycles. The van der Waals surface area contributed by atoms with Gasteiger partial charge in [-0.3, -0.25) is 0 Å². The molecule has 1 aromatic rings. The van der Waals surface area contributed by atoms with Gasteiger partial charge in [0.15, 0.2) is 0 Å². The van der Waals surface area contributed by atoms with E-state index in [0.29, 0.717) is 19.1 Å². The number of rotatable bonds is 4. The molecule has 0 amide bonds. The largest absolute Gasteiger partial charge is 1.00 e. The fourth-order valence-electron chi connectivity index (χ4n) is 1.08. The Kier molecular flexibility index (Phi) is 7.20. The number of ether oxygens (including phenoxy) is 1. The summed E-state index contributed by atoms with van der Waals surface area (Å²) in [6, 6.07) is 2.60. The van der Waals surface area contributed by atoms with E-state index in [0.717, 1.165) is 12.1 Å². The van der Waals surface area contributed by atoms with Crippen LogP contribution in [0.4, 0.5) is 17.3 Å². The Labute approximate surface area is 134 Å². The molecular formula is C9H10BF4KO. The van der Waals surface area contributed by atoms with Crippen LogP contribution in [0.3, 0.4) is 0 Å². The molecule has 0 aromatic heterocycles. The Hall–Kier alpha value is 0.441. The Bertz CT molecular complexity index is 343. The van der Waals surface area contributed by atoms with Crippen LogP contribution in [-0.2, 0) is 0 Å².